The number of nitrogens with zero attached hydrogens (tertiary/aromatic N) is 1. The average Bonchev–Trinajstić information content (AvgIpc) is 2.88. The number of para-hydroxylation sites is 2. The van der Waals surface area contributed by atoms with Crippen molar-refractivity contribution in [2.45, 2.75) is 17.9 Å². The van der Waals surface area contributed by atoms with E-state index in [2.05, 4.69) is 10.3 Å². The van der Waals surface area contributed by atoms with Crippen LogP contribution in [0.15, 0.2) is 57.8 Å². The Hall–Kier alpha value is -2.34. The molecule has 114 valence electrons. The molecule has 0 saturated heterocycles. The monoisotopic (exact) mass is 316 g/mol. The lowest BCUT2D eigenvalue weighted by atomic mass is 10.1. The molecule has 1 N–H and O–H groups in total. The fraction of sp³-hybridized carbons (Fsp3) is 0.188. The number of rotatable bonds is 4. The SMILES string of the molecule is CC(Nc1nc2ccccc2o1)c1ccc(S(C)(=O)=O)cc1. The highest BCUT2D eigenvalue weighted by molar-refractivity contribution is 7.90. The largest absolute Gasteiger partial charge is 0.424 e. The van der Waals surface area contributed by atoms with Crippen LogP contribution in [0.2, 0.25) is 0 Å². The Morgan fingerprint density at radius 2 is 1.77 bits per heavy atom. The Labute approximate surface area is 128 Å². The number of nitrogens with one attached hydrogen (secondary N) is 1. The van der Waals surface area contributed by atoms with E-state index in [9.17, 15) is 8.42 Å². The van der Waals surface area contributed by atoms with Crippen molar-refractivity contribution in [2.75, 3.05) is 11.6 Å². The Kier molecular flexibility index (Phi) is 3.62. The number of sulfone groups is 1. The molecule has 1 atom stereocenters. The first-order valence-corrected chi connectivity index (χ1v) is 8.75. The second-order valence-corrected chi connectivity index (χ2v) is 7.21. The zero-order chi connectivity index (χ0) is 15.7. The van der Waals surface area contributed by atoms with Crippen LogP contribution in [-0.4, -0.2) is 19.7 Å². The first-order valence-electron chi connectivity index (χ1n) is 6.85. The van der Waals surface area contributed by atoms with Gasteiger partial charge in [-0.15, -0.1) is 0 Å². The lowest BCUT2D eigenvalue weighted by molar-refractivity contribution is 0.600. The van der Waals surface area contributed by atoms with Crippen LogP contribution in [0.5, 0.6) is 0 Å². The van der Waals surface area contributed by atoms with E-state index in [1.165, 1.54) is 6.26 Å². The van der Waals surface area contributed by atoms with Crippen molar-refractivity contribution in [2.24, 2.45) is 0 Å². The molecule has 0 aliphatic rings. The van der Waals surface area contributed by atoms with Gasteiger partial charge in [0.2, 0.25) is 0 Å². The first-order chi connectivity index (χ1) is 10.4. The Bertz CT molecular complexity index is 866. The molecule has 0 bridgehead atoms. The molecule has 0 aliphatic heterocycles. The normalized spacial score (nSPS) is 13.2. The Morgan fingerprint density at radius 3 is 2.41 bits per heavy atom. The van der Waals surface area contributed by atoms with Gasteiger partial charge in [-0.2, -0.15) is 4.98 Å². The van der Waals surface area contributed by atoms with E-state index in [1.807, 2.05) is 31.2 Å². The van der Waals surface area contributed by atoms with E-state index >= 15 is 0 Å². The minimum atomic E-state index is -3.17. The maximum absolute atomic E-state index is 11.5. The number of anilines is 1. The molecule has 1 heterocycles. The maximum Gasteiger partial charge on any atom is 0.296 e. The third-order valence-corrected chi connectivity index (χ3v) is 4.57. The van der Waals surface area contributed by atoms with E-state index in [-0.39, 0.29) is 6.04 Å². The highest BCUT2D eigenvalue weighted by atomic mass is 32.2. The van der Waals surface area contributed by atoms with Crippen molar-refractivity contribution >= 4 is 27.0 Å². The number of hydrogen-bond acceptors (Lipinski definition) is 5. The van der Waals surface area contributed by atoms with E-state index < -0.39 is 9.84 Å². The molecule has 6 heteroatoms. The van der Waals surface area contributed by atoms with Crippen LogP contribution in [0.3, 0.4) is 0 Å². The van der Waals surface area contributed by atoms with Gasteiger partial charge in [0.05, 0.1) is 10.9 Å². The van der Waals surface area contributed by atoms with Crippen molar-refractivity contribution in [1.29, 1.82) is 0 Å². The standard InChI is InChI=1S/C16H16N2O3S/c1-11(12-7-9-13(10-8-12)22(2,19)20)17-16-18-14-5-3-4-6-15(14)21-16/h3-11H,1-2H3,(H,17,18). The van der Waals surface area contributed by atoms with Gasteiger partial charge in [-0.05, 0) is 36.8 Å². The van der Waals surface area contributed by atoms with Crippen LogP contribution in [0.25, 0.3) is 11.1 Å². The molecule has 0 spiro atoms. The van der Waals surface area contributed by atoms with E-state index in [1.54, 1.807) is 24.3 Å². The molecule has 2 aromatic carbocycles. The number of benzene rings is 2. The van der Waals surface area contributed by atoms with Crippen molar-refractivity contribution in [3.05, 3.63) is 54.1 Å². The number of hydrogen-bond donors (Lipinski definition) is 1. The second-order valence-electron chi connectivity index (χ2n) is 5.19. The molecule has 0 radical (unpaired) electrons. The molecule has 3 rings (SSSR count). The summed E-state index contributed by atoms with van der Waals surface area (Å²) in [4.78, 5) is 4.67. The van der Waals surface area contributed by atoms with Gasteiger partial charge >= 0.3 is 0 Å². The summed E-state index contributed by atoms with van der Waals surface area (Å²) in [6.45, 7) is 1.96. The zero-order valence-corrected chi connectivity index (χ0v) is 13.1. The minimum Gasteiger partial charge on any atom is -0.424 e. The highest BCUT2D eigenvalue weighted by Crippen LogP contribution is 2.23. The average molecular weight is 316 g/mol. The van der Waals surface area contributed by atoms with E-state index in [4.69, 9.17) is 4.42 Å². The third kappa shape index (κ3) is 2.96. The topological polar surface area (TPSA) is 72.2 Å². The van der Waals surface area contributed by atoms with Gasteiger partial charge in [-0.3, -0.25) is 0 Å². The summed E-state index contributed by atoms with van der Waals surface area (Å²) in [5, 5.41) is 3.18. The van der Waals surface area contributed by atoms with Crippen molar-refractivity contribution in [1.82, 2.24) is 4.98 Å². The maximum atomic E-state index is 11.5. The summed E-state index contributed by atoms with van der Waals surface area (Å²) in [6, 6.07) is 14.7. The molecule has 0 amide bonds. The van der Waals surface area contributed by atoms with Crippen LogP contribution < -0.4 is 5.32 Å². The number of oxazole rings is 1. The van der Waals surface area contributed by atoms with Crippen LogP contribution in [0.1, 0.15) is 18.5 Å². The summed E-state index contributed by atoms with van der Waals surface area (Å²) in [5.41, 5.74) is 2.48. The van der Waals surface area contributed by atoms with Crippen molar-refractivity contribution in [3.63, 3.8) is 0 Å². The molecule has 0 aliphatic carbocycles. The summed E-state index contributed by atoms with van der Waals surface area (Å²) in [5.74, 6) is 0. The summed E-state index contributed by atoms with van der Waals surface area (Å²) in [6.07, 6.45) is 1.20. The van der Waals surface area contributed by atoms with E-state index in [0.717, 1.165) is 16.7 Å². The van der Waals surface area contributed by atoms with Crippen molar-refractivity contribution < 1.29 is 12.8 Å². The molecule has 1 unspecified atom stereocenters. The van der Waals surface area contributed by atoms with Gasteiger partial charge in [-0.1, -0.05) is 24.3 Å². The van der Waals surface area contributed by atoms with Crippen molar-refractivity contribution in [3.8, 4) is 0 Å². The highest BCUT2D eigenvalue weighted by Gasteiger charge is 2.12. The summed E-state index contributed by atoms with van der Waals surface area (Å²) in [7, 11) is -3.17. The molecule has 22 heavy (non-hydrogen) atoms. The fourth-order valence-electron chi connectivity index (χ4n) is 2.21. The van der Waals surface area contributed by atoms with Crippen LogP contribution in [0, 0.1) is 0 Å². The quantitative estimate of drug-likeness (QED) is 0.798. The molecular weight excluding hydrogens is 300 g/mol. The van der Waals surface area contributed by atoms with Gasteiger partial charge in [0.25, 0.3) is 6.01 Å². The number of fused-ring (bicyclic) bond motifs is 1. The van der Waals surface area contributed by atoms with Gasteiger partial charge in [0.1, 0.15) is 5.52 Å². The summed E-state index contributed by atoms with van der Waals surface area (Å²) < 4.78 is 28.5. The Balaban J connectivity index is 1.80. The third-order valence-electron chi connectivity index (χ3n) is 3.44. The molecule has 5 nitrogen and oxygen atoms in total. The predicted octanol–water partition coefficient (Wildman–Crippen LogP) is 3.40. The van der Waals surface area contributed by atoms with Crippen LogP contribution >= 0.6 is 0 Å². The van der Waals surface area contributed by atoms with Crippen LogP contribution in [-0.2, 0) is 9.84 Å². The lowest BCUT2D eigenvalue weighted by Crippen LogP contribution is -2.07. The van der Waals surface area contributed by atoms with Crippen LogP contribution in [0.4, 0.5) is 6.01 Å². The predicted molar refractivity (Wildman–Crippen MR) is 85.6 cm³/mol. The van der Waals surface area contributed by atoms with Gasteiger partial charge in [-0.25, -0.2) is 8.42 Å². The minimum absolute atomic E-state index is 0.0540. The molecule has 1 aromatic heterocycles. The molecular formula is C16H16N2O3S. The molecule has 3 aromatic rings. The smallest absolute Gasteiger partial charge is 0.296 e. The van der Waals surface area contributed by atoms with Gasteiger partial charge in [0, 0.05) is 6.26 Å². The zero-order valence-electron chi connectivity index (χ0n) is 12.3. The number of aromatic nitrogens is 1. The lowest BCUT2D eigenvalue weighted by Gasteiger charge is -2.12. The van der Waals surface area contributed by atoms with Gasteiger partial charge < -0.3 is 9.73 Å². The second kappa shape index (κ2) is 5.46. The molecule has 0 fully saturated rings. The first kappa shape index (κ1) is 14.6. The fourth-order valence-corrected chi connectivity index (χ4v) is 2.84. The van der Waals surface area contributed by atoms with E-state index in [0.29, 0.717) is 10.9 Å². The van der Waals surface area contributed by atoms with Gasteiger partial charge in [0.15, 0.2) is 15.4 Å². The Morgan fingerprint density at radius 1 is 1.09 bits per heavy atom. The summed E-state index contributed by atoms with van der Waals surface area (Å²) >= 11 is 0. The molecule has 0 saturated carbocycles.